The molecule has 74 valence electrons. The van der Waals surface area contributed by atoms with Crippen LogP contribution in [0.2, 0.25) is 0 Å². The summed E-state index contributed by atoms with van der Waals surface area (Å²) < 4.78 is 0. The Morgan fingerprint density at radius 3 is 3.21 bits per heavy atom. The van der Waals surface area contributed by atoms with Crippen LogP contribution in [0, 0.1) is 0 Å². The van der Waals surface area contributed by atoms with Gasteiger partial charge < -0.3 is 15.5 Å². The third-order valence-electron chi connectivity index (χ3n) is 1.49. The Bertz CT molecular complexity index is 395. The maximum atomic E-state index is 10.7. The fourth-order valence-corrected chi connectivity index (χ4v) is 0.882. The Labute approximate surface area is 80.8 Å². The quantitative estimate of drug-likeness (QED) is 0.365. The molecule has 1 aromatic rings. The summed E-state index contributed by atoms with van der Waals surface area (Å²) in [5.74, 6) is -1.01. The minimum absolute atomic E-state index is 0.129. The van der Waals surface area contributed by atoms with Crippen LogP contribution in [0.15, 0.2) is 36.1 Å². The second-order valence-corrected chi connectivity index (χ2v) is 2.50. The van der Waals surface area contributed by atoms with E-state index in [-0.39, 0.29) is 5.56 Å². The van der Waals surface area contributed by atoms with Crippen molar-refractivity contribution < 1.29 is 9.90 Å². The van der Waals surface area contributed by atoms with Gasteiger partial charge in [0.25, 0.3) is 0 Å². The summed E-state index contributed by atoms with van der Waals surface area (Å²) in [4.78, 5) is 13.5. The van der Waals surface area contributed by atoms with Gasteiger partial charge >= 0.3 is 5.97 Å². The molecule has 1 rings (SSSR count). The molecule has 5 nitrogen and oxygen atoms in total. The predicted octanol–water partition coefficient (Wildman–Crippen LogP) is 0.304. The topological polar surface area (TPSA) is 77.5 Å². The van der Waals surface area contributed by atoms with Crippen LogP contribution >= 0.6 is 0 Å². The van der Waals surface area contributed by atoms with Gasteiger partial charge in [0.1, 0.15) is 5.56 Å². The monoisotopic (exact) mass is 193 g/mol. The van der Waals surface area contributed by atoms with Crippen molar-refractivity contribution in [3.63, 3.8) is 0 Å². The number of pyridine rings is 1. The maximum Gasteiger partial charge on any atom is 0.339 e. The van der Waals surface area contributed by atoms with Crippen LogP contribution in [0.1, 0.15) is 10.4 Å². The molecule has 0 fully saturated rings. The highest BCUT2D eigenvalue weighted by Gasteiger charge is 2.03. The number of hydrogen-bond acceptors (Lipinski definition) is 3. The number of rotatable bonds is 4. The summed E-state index contributed by atoms with van der Waals surface area (Å²) >= 11 is 0. The van der Waals surface area contributed by atoms with Crippen LogP contribution in [0.25, 0.3) is 0 Å². The van der Waals surface area contributed by atoms with Crippen molar-refractivity contribution in [3.05, 3.63) is 42.0 Å². The van der Waals surface area contributed by atoms with Crippen LogP contribution in [0.3, 0.4) is 0 Å². The van der Waals surface area contributed by atoms with Crippen LogP contribution in [-0.4, -0.2) is 22.6 Å². The van der Waals surface area contributed by atoms with E-state index in [4.69, 9.17) is 5.11 Å². The molecular weight excluding hydrogens is 182 g/mol. The molecule has 0 aromatic carbocycles. The van der Waals surface area contributed by atoms with Crippen LogP contribution in [0.5, 0.6) is 0 Å². The molecule has 0 radical (unpaired) electrons. The second-order valence-electron chi connectivity index (χ2n) is 2.50. The van der Waals surface area contributed by atoms with E-state index in [1.54, 1.807) is 18.3 Å². The number of H-pyrrole nitrogens is 1. The number of aromatic amines is 1. The van der Waals surface area contributed by atoms with Gasteiger partial charge in [-0.1, -0.05) is 6.08 Å². The lowest BCUT2D eigenvalue weighted by Crippen LogP contribution is -2.22. The van der Waals surface area contributed by atoms with Crippen molar-refractivity contribution in [1.82, 2.24) is 10.4 Å². The highest BCUT2D eigenvalue weighted by atomic mass is 16.4. The Kier molecular flexibility index (Phi) is 3.49. The highest BCUT2D eigenvalue weighted by Crippen LogP contribution is 1.87. The van der Waals surface area contributed by atoms with E-state index in [2.05, 4.69) is 22.1 Å². The van der Waals surface area contributed by atoms with Gasteiger partial charge in [-0.15, -0.1) is 6.58 Å². The number of carbonyl (C=O) groups is 1. The Hall–Kier alpha value is -2.04. The minimum Gasteiger partial charge on any atom is -0.478 e. The molecule has 5 heteroatoms. The van der Waals surface area contributed by atoms with Gasteiger partial charge in [0.15, 0.2) is 5.49 Å². The molecule has 1 aromatic heterocycles. The summed E-state index contributed by atoms with van der Waals surface area (Å²) in [6, 6.07) is 3.09. The van der Waals surface area contributed by atoms with E-state index < -0.39 is 5.97 Å². The number of aromatic carboxylic acids is 1. The molecule has 14 heavy (non-hydrogen) atoms. The Morgan fingerprint density at radius 1 is 1.79 bits per heavy atom. The Balaban J connectivity index is 3.00. The molecule has 0 saturated heterocycles. The van der Waals surface area contributed by atoms with Gasteiger partial charge in [-0.05, 0) is 12.1 Å². The van der Waals surface area contributed by atoms with E-state index in [0.29, 0.717) is 12.0 Å². The average molecular weight is 193 g/mol. The molecule has 0 unspecified atom stereocenters. The van der Waals surface area contributed by atoms with E-state index in [9.17, 15) is 4.79 Å². The maximum absolute atomic E-state index is 10.7. The molecule has 0 spiro atoms. The Morgan fingerprint density at radius 2 is 2.57 bits per heavy atom. The average Bonchev–Trinajstić information content (AvgIpc) is 2.19. The van der Waals surface area contributed by atoms with Crippen molar-refractivity contribution in [2.45, 2.75) is 0 Å². The van der Waals surface area contributed by atoms with Crippen molar-refractivity contribution >= 4 is 5.97 Å². The number of carboxylic acids is 1. The van der Waals surface area contributed by atoms with Crippen LogP contribution in [-0.2, 0) is 0 Å². The van der Waals surface area contributed by atoms with Gasteiger partial charge in [0, 0.05) is 6.20 Å². The second kappa shape index (κ2) is 4.86. The smallest absolute Gasteiger partial charge is 0.339 e. The standard InChI is InChI=1S/C9H11N3O2/c1-2-5-11-12-8-7(9(13)14)4-3-6-10-8/h2-4,6,11H,1,5H2,(H,10,12)(H,13,14). The fourth-order valence-electron chi connectivity index (χ4n) is 0.882. The lowest BCUT2D eigenvalue weighted by molar-refractivity contribution is 0.0694. The summed E-state index contributed by atoms with van der Waals surface area (Å²) in [5, 5.41) is 12.7. The predicted molar refractivity (Wildman–Crippen MR) is 51.5 cm³/mol. The first kappa shape index (κ1) is 10.0. The SMILES string of the molecule is C=CCNN=c1[nH]cccc1C(=O)O. The molecule has 3 N–H and O–H groups in total. The number of hydrogen-bond donors (Lipinski definition) is 3. The zero-order chi connectivity index (χ0) is 10.4. The molecule has 0 aliphatic rings. The van der Waals surface area contributed by atoms with Crippen molar-refractivity contribution in [2.75, 3.05) is 6.54 Å². The summed E-state index contributed by atoms with van der Waals surface area (Å²) in [6.45, 7) is 3.99. The summed E-state index contributed by atoms with van der Waals surface area (Å²) in [5.41, 5.74) is 3.08. The van der Waals surface area contributed by atoms with E-state index in [1.807, 2.05) is 0 Å². The van der Waals surface area contributed by atoms with E-state index in [0.717, 1.165) is 0 Å². The van der Waals surface area contributed by atoms with E-state index in [1.165, 1.54) is 6.07 Å². The molecule has 0 aliphatic heterocycles. The minimum atomic E-state index is -1.01. The number of nitrogens with one attached hydrogen (secondary N) is 2. The van der Waals surface area contributed by atoms with Crippen LogP contribution in [0.4, 0.5) is 0 Å². The van der Waals surface area contributed by atoms with Crippen molar-refractivity contribution in [2.24, 2.45) is 5.10 Å². The third-order valence-corrected chi connectivity index (χ3v) is 1.49. The first-order valence-electron chi connectivity index (χ1n) is 4.04. The largest absolute Gasteiger partial charge is 0.478 e. The van der Waals surface area contributed by atoms with Gasteiger partial charge in [-0.25, -0.2) is 4.79 Å². The highest BCUT2D eigenvalue weighted by molar-refractivity contribution is 5.86. The molecular formula is C9H11N3O2. The first-order chi connectivity index (χ1) is 6.75. The van der Waals surface area contributed by atoms with Crippen molar-refractivity contribution in [1.29, 1.82) is 0 Å². The molecule has 0 atom stereocenters. The lowest BCUT2D eigenvalue weighted by atomic mass is 10.3. The number of aromatic nitrogens is 1. The van der Waals surface area contributed by atoms with Gasteiger partial charge in [0.2, 0.25) is 0 Å². The van der Waals surface area contributed by atoms with E-state index >= 15 is 0 Å². The molecule has 0 aliphatic carbocycles. The molecule has 0 saturated carbocycles. The van der Waals surface area contributed by atoms with Gasteiger partial charge in [-0.2, -0.15) is 5.10 Å². The first-order valence-corrected chi connectivity index (χ1v) is 4.04. The summed E-state index contributed by atoms with van der Waals surface area (Å²) in [6.07, 6.45) is 3.24. The third kappa shape index (κ3) is 2.48. The zero-order valence-corrected chi connectivity index (χ0v) is 7.53. The van der Waals surface area contributed by atoms with Gasteiger partial charge in [-0.3, -0.25) is 0 Å². The number of carboxylic acid groups (broad SMARTS) is 1. The van der Waals surface area contributed by atoms with Gasteiger partial charge in [0.05, 0.1) is 6.54 Å². The fraction of sp³-hybridized carbons (Fsp3) is 0.111. The number of nitrogens with zero attached hydrogens (tertiary/aromatic N) is 1. The molecule has 1 heterocycles. The zero-order valence-electron chi connectivity index (χ0n) is 7.53. The van der Waals surface area contributed by atoms with Crippen LogP contribution < -0.4 is 10.9 Å². The van der Waals surface area contributed by atoms with Crippen molar-refractivity contribution in [3.8, 4) is 0 Å². The molecule has 0 bridgehead atoms. The normalized spacial score (nSPS) is 11.0. The molecule has 0 amide bonds. The lowest BCUT2D eigenvalue weighted by Gasteiger charge is -1.96. The summed E-state index contributed by atoms with van der Waals surface area (Å²) in [7, 11) is 0.